The molecule has 2 aromatic carbocycles. The molecule has 2 unspecified atom stereocenters. The van der Waals surface area contributed by atoms with Gasteiger partial charge in [-0.25, -0.2) is 19.6 Å². The highest BCUT2D eigenvalue weighted by Gasteiger charge is 2.48. The predicted molar refractivity (Wildman–Crippen MR) is 206 cm³/mol. The first kappa shape index (κ1) is 37.2. The Morgan fingerprint density at radius 3 is 2.42 bits per heavy atom. The molecule has 280 valence electrons. The van der Waals surface area contributed by atoms with Gasteiger partial charge in [0.25, 0.3) is 0 Å². The van der Waals surface area contributed by atoms with Crippen molar-refractivity contribution in [1.29, 1.82) is 0 Å². The van der Waals surface area contributed by atoms with Gasteiger partial charge < -0.3 is 39.6 Å². The molecule has 2 aliphatic rings. The third kappa shape index (κ3) is 8.08. The van der Waals surface area contributed by atoms with Crippen LogP contribution >= 0.6 is 0 Å². The van der Waals surface area contributed by atoms with Crippen molar-refractivity contribution in [1.82, 2.24) is 19.9 Å². The normalized spacial score (nSPS) is 19.5. The number of esters is 1. The summed E-state index contributed by atoms with van der Waals surface area (Å²) in [7, 11) is 3.52. The lowest BCUT2D eigenvalue weighted by atomic mass is 9.98. The monoisotopic (exact) mass is 723 g/mol. The molecule has 2 atom stereocenters. The standard InChI is InChI=1S/C40H49N7O6/c1-10-34(48)42-29-15-30(33(51-9)16-32(29)47-20-24-17-40(7,18-25(24)21-47)45-38(50)53-39(4,5)6)43-37-41-19-27(36(49)52-23(2)3)35(44-37)28-22-46(8)31-14-12-11-13-26(28)31/h10-16,19,22-25H,1,17-18,20-21H2,2-9H3,(H,42,48)(H,45,50)(H,41,43,44). The van der Waals surface area contributed by atoms with Gasteiger partial charge in [-0.15, -0.1) is 0 Å². The van der Waals surface area contributed by atoms with Gasteiger partial charge in [0, 0.05) is 60.6 Å². The van der Waals surface area contributed by atoms with Crippen LogP contribution in [0.1, 0.15) is 64.7 Å². The number of amides is 2. The minimum Gasteiger partial charge on any atom is -0.494 e. The van der Waals surface area contributed by atoms with Gasteiger partial charge in [-0.05, 0) is 84.4 Å². The smallest absolute Gasteiger partial charge is 0.408 e. The molecule has 6 rings (SSSR count). The number of rotatable bonds is 10. The molecule has 2 amide bonds. The number of hydrogen-bond acceptors (Lipinski definition) is 10. The number of nitrogens with one attached hydrogen (secondary N) is 3. The molecule has 0 radical (unpaired) electrons. The summed E-state index contributed by atoms with van der Waals surface area (Å²) >= 11 is 0. The van der Waals surface area contributed by atoms with Crippen molar-refractivity contribution in [2.75, 3.05) is 35.7 Å². The topological polar surface area (TPSA) is 149 Å². The maximum absolute atomic E-state index is 13.3. The van der Waals surface area contributed by atoms with Gasteiger partial charge in [0.1, 0.15) is 16.9 Å². The third-order valence-electron chi connectivity index (χ3n) is 9.66. The van der Waals surface area contributed by atoms with Gasteiger partial charge >= 0.3 is 12.1 Å². The first-order chi connectivity index (χ1) is 25.1. The quantitative estimate of drug-likeness (QED) is 0.113. The van der Waals surface area contributed by atoms with Gasteiger partial charge in [0.15, 0.2) is 0 Å². The van der Waals surface area contributed by atoms with Crippen LogP contribution in [0.2, 0.25) is 0 Å². The fourth-order valence-corrected chi connectivity index (χ4v) is 7.60. The number of benzene rings is 2. The van der Waals surface area contributed by atoms with E-state index >= 15 is 0 Å². The van der Waals surface area contributed by atoms with Gasteiger partial charge in [-0.3, -0.25) is 4.79 Å². The average molecular weight is 724 g/mol. The van der Waals surface area contributed by atoms with E-state index < -0.39 is 17.7 Å². The molecule has 1 aliphatic heterocycles. The molecule has 13 nitrogen and oxygen atoms in total. The number of para-hydroxylation sites is 1. The van der Waals surface area contributed by atoms with E-state index in [0.717, 1.165) is 48.1 Å². The van der Waals surface area contributed by atoms with Crippen LogP contribution in [0.15, 0.2) is 61.4 Å². The highest BCUT2D eigenvalue weighted by Crippen LogP contribution is 2.48. The summed E-state index contributed by atoms with van der Waals surface area (Å²) in [4.78, 5) is 50.2. The summed E-state index contributed by atoms with van der Waals surface area (Å²) in [5, 5.41) is 10.3. The Balaban J connectivity index is 1.31. The summed E-state index contributed by atoms with van der Waals surface area (Å²) in [6.07, 6.45) is 5.49. The maximum atomic E-state index is 13.3. The number of ether oxygens (including phenoxy) is 3. The Labute approximate surface area is 310 Å². The number of hydrogen-bond donors (Lipinski definition) is 3. The van der Waals surface area contributed by atoms with Gasteiger partial charge in [0.05, 0.1) is 36.0 Å². The van der Waals surface area contributed by atoms with Crippen LogP contribution < -0.4 is 25.6 Å². The van der Waals surface area contributed by atoms with Gasteiger partial charge in [-0.2, -0.15) is 0 Å². The molecule has 3 heterocycles. The van der Waals surface area contributed by atoms with Crippen molar-refractivity contribution in [3.8, 4) is 17.0 Å². The molecular weight excluding hydrogens is 674 g/mol. The maximum Gasteiger partial charge on any atom is 0.408 e. The van der Waals surface area contributed by atoms with E-state index in [-0.39, 0.29) is 29.1 Å². The molecule has 13 heteroatoms. The van der Waals surface area contributed by atoms with E-state index in [1.54, 1.807) is 27.0 Å². The highest BCUT2D eigenvalue weighted by molar-refractivity contribution is 6.04. The van der Waals surface area contributed by atoms with E-state index in [4.69, 9.17) is 19.2 Å². The first-order valence-corrected chi connectivity index (χ1v) is 17.9. The Morgan fingerprint density at radius 1 is 1.08 bits per heavy atom. The lowest BCUT2D eigenvalue weighted by Crippen LogP contribution is -2.47. The summed E-state index contributed by atoms with van der Waals surface area (Å²) in [5.74, 6) is 0.477. The van der Waals surface area contributed by atoms with Crippen molar-refractivity contribution in [2.45, 2.75) is 71.6 Å². The molecule has 2 aromatic heterocycles. The van der Waals surface area contributed by atoms with Crippen LogP contribution in [0.5, 0.6) is 5.75 Å². The molecule has 0 bridgehead atoms. The Bertz CT molecular complexity index is 2050. The van der Waals surface area contributed by atoms with E-state index in [9.17, 15) is 14.4 Å². The minimum absolute atomic E-state index is 0.216. The molecule has 53 heavy (non-hydrogen) atoms. The second kappa shape index (κ2) is 14.4. The second-order valence-electron chi connectivity index (χ2n) is 15.5. The van der Waals surface area contributed by atoms with Crippen LogP contribution in [0.4, 0.5) is 27.8 Å². The van der Waals surface area contributed by atoms with Crippen molar-refractivity contribution in [3.05, 3.63) is 67.0 Å². The predicted octanol–water partition coefficient (Wildman–Crippen LogP) is 7.21. The molecule has 1 saturated heterocycles. The lowest BCUT2D eigenvalue weighted by molar-refractivity contribution is -0.111. The summed E-state index contributed by atoms with van der Waals surface area (Å²) < 4.78 is 19.0. The largest absolute Gasteiger partial charge is 0.494 e. The molecular formula is C40H49N7O6. The molecule has 0 spiro atoms. The van der Waals surface area contributed by atoms with E-state index in [1.807, 2.05) is 68.9 Å². The molecule has 1 saturated carbocycles. The molecule has 1 aliphatic carbocycles. The van der Waals surface area contributed by atoms with Crippen molar-refractivity contribution >= 4 is 51.9 Å². The summed E-state index contributed by atoms with van der Waals surface area (Å²) in [5.41, 5.74) is 3.29. The Kier molecular flexibility index (Phi) is 10.1. The number of carbonyl (C=O) groups is 3. The number of aryl methyl sites for hydroxylation is 1. The molecule has 4 aromatic rings. The van der Waals surface area contributed by atoms with Crippen LogP contribution in [0, 0.1) is 11.8 Å². The van der Waals surface area contributed by atoms with Gasteiger partial charge in [-0.1, -0.05) is 24.8 Å². The minimum atomic E-state index is -0.575. The van der Waals surface area contributed by atoms with Crippen LogP contribution in [-0.4, -0.2) is 69.9 Å². The highest BCUT2D eigenvalue weighted by atomic mass is 16.6. The number of methoxy groups -OCH3 is 1. The fraction of sp³-hybridized carbons (Fsp3) is 0.425. The Morgan fingerprint density at radius 2 is 1.77 bits per heavy atom. The average Bonchev–Trinajstić information content (AvgIpc) is 3.72. The zero-order chi connectivity index (χ0) is 38.2. The number of fused-ring (bicyclic) bond motifs is 2. The van der Waals surface area contributed by atoms with Crippen LogP contribution in [-0.2, 0) is 21.3 Å². The molecule has 2 fully saturated rings. The number of carbonyl (C=O) groups excluding carboxylic acids is 3. The summed E-state index contributed by atoms with van der Waals surface area (Å²) in [6, 6.07) is 11.6. The van der Waals surface area contributed by atoms with E-state index in [2.05, 4.69) is 39.3 Å². The number of aromatic nitrogens is 3. The third-order valence-corrected chi connectivity index (χ3v) is 9.66. The first-order valence-electron chi connectivity index (χ1n) is 17.9. The molecule has 3 N–H and O–H groups in total. The van der Waals surface area contributed by atoms with Crippen LogP contribution in [0.25, 0.3) is 22.2 Å². The summed E-state index contributed by atoms with van der Waals surface area (Å²) in [6.45, 7) is 16.3. The zero-order valence-electron chi connectivity index (χ0n) is 31.7. The van der Waals surface area contributed by atoms with Crippen LogP contribution in [0.3, 0.4) is 0 Å². The lowest BCUT2D eigenvalue weighted by Gasteiger charge is -2.31. The Hall–Kier alpha value is -5.59. The van der Waals surface area contributed by atoms with Crippen molar-refractivity contribution in [3.63, 3.8) is 0 Å². The van der Waals surface area contributed by atoms with Gasteiger partial charge in [0.2, 0.25) is 11.9 Å². The van der Waals surface area contributed by atoms with Crippen molar-refractivity contribution < 1.29 is 28.6 Å². The van der Waals surface area contributed by atoms with E-state index in [0.29, 0.717) is 34.7 Å². The second-order valence-corrected chi connectivity index (χ2v) is 15.5. The van der Waals surface area contributed by atoms with E-state index in [1.165, 1.54) is 12.3 Å². The SMILES string of the molecule is C=CC(=O)Nc1cc(Nc2ncc(C(=O)OC(C)C)c(-c3cn(C)c4ccccc34)n2)c(OC)cc1N1CC2CC(C)(NC(=O)OC(C)(C)C)CC2C1. The fourth-order valence-electron chi connectivity index (χ4n) is 7.60. The number of anilines is 4. The number of nitrogens with zero attached hydrogens (tertiary/aromatic N) is 4. The van der Waals surface area contributed by atoms with Crippen molar-refractivity contribution in [2.24, 2.45) is 18.9 Å². The number of alkyl carbamates (subject to hydrolysis) is 1. The zero-order valence-corrected chi connectivity index (χ0v) is 31.7.